The molecular weight excluding hydrogens is 334 g/mol. The molecule has 0 bridgehead atoms. The fraction of sp³-hybridized carbons (Fsp3) is 0.263. The summed E-state index contributed by atoms with van der Waals surface area (Å²) in [4.78, 5) is 22.4. The summed E-state index contributed by atoms with van der Waals surface area (Å²) in [6, 6.07) is 11.3. The molecule has 0 unspecified atom stereocenters. The molecule has 1 amide bonds. The van der Waals surface area contributed by atoms with E-state index in [4.69, 9.17) is 4.42 Å². The minimum atomic E-state index is -0.470. The molecule has 26 heavy (non-hydrogen) atoms. The predicted molar refractivity (Wildman–Crippen MR) is 94.8 cm³/mol. The molecule has 1 aliphatic carbocycles. The van der Waals surface area contributed by atoms with Crippen LogP contribution in [-0.2, 0) is 4.79 Å². The molecule has 2 aromatic rings. The minimum absolute atomic E-state index is 0.00391. The fourth-order valence-electron chi connectivity index (χ4n) is 2.96. The first-order valence-electron chi connectivity index (χ1n) is 8.34. The molecular formula is C19H17N3O4. The zero-order chi connectivity index (χ0) is 18.5. The lowest BCUT2D eigenvalue weighted by Crippen LogP contribution is -2.33. The van der Waals surface area contributed by atoms with Crippen molar-refractivity contribution in [3.8, 4) is 17.4 Å². The predicted octanol–water partition coefficient (Wildman–Crippen LogP) is 3.82. The number of carbonyl (C=O) groups excluding carboxylic acids is 1. The zero-order valence-electron chi connectivity index (χ0n) is 14.0. The largest absolute Gasteiger partial charge is 0.457 e. The van der Waals surface area contributed by atoms with Gasteiger partial charge in [-0.05, 0) is 37.1 Å². The van der Waals surface area contributed by atoms with E-state index >= 15 is 0 Å². The molecule has 0 spiro atoms. The molecule has 1 fully saturated rings. The third kappa shape index (κ3) is 3.98. The van der Waals surface area contributed by atoms with Gasteiger partial charge in [0.2, 0.25) is 0 Å². The van der Waals surface area contributed by atoms with Crippen LogP contribution in [0.25, 0.3) is 17.4 Å². The molecule has 1 saturated carbocycles. The van der Waals surface area contributed by atoms with Crippen LogP contribution in [0.5, 0.6) is 0 Å². The van der Waals surface area contributed by atoms with Crippen molar-refractivity contribution in [2.45, 2.75) is 31.7 Å². The van der Waals surface area contributed by atoms with Crippen LogP contribution in [0, 0.1) is 21.4 Å². The Labute approximate surface area is 150 Å². The molecule has 3 rings (SSSR count). The van der Waals surface area contributed by atoms with Gasteiger partial charge in [-0.25, -0.2) is 0 Å². The van der Waals surface area contributed by atoms with Crippen molar-refractivity contribution in [1.82, 2.24) is 5.32 Å². The molecule has 1 heterocycles. The van der Waals surface area contributed by atoms with Gasteiger partial charge in [0.15, 0.2) is 0 Å². The summed E-state index contributed by atoms with van der Waals surface area (Å²) >= 11 is 0. The maximum atomic E-state index is 12.2. The van der Waals surface area contributed by atoms with Crippen molar-refractivity contribution in [3.63, 3.8) is 0 Å². The van der Waals surface area contributed by atoms with E-state index in [1.54, 1.807) is 24.3 Å². The highest BCUT2D eigenvalue weighted by molar-refractivity contribution is 6.01. The molecule has 132 valence electrons. The normalized spacial score (nSPS) is 14.8. The summed E-state index contributed by atoms with van der Waals surface area (Å²) in [6.45, 7) is 0. The van der Waals surface area contributed by atoms with Gasteiger partial charge in [0.05, 0.1) is 4.92 Å². The molecule has 1 N–H and O–H groups in total. The van der Waals surface area contributed by atoms with Crippen molar-refractivity contribution in [2.24, 2.45) is 0 Å². The number of furan rings is 1. The Morgan fingerprint density at radius 3 is 2.54 bits per heavy atom. The van der Waals surface area contributed by atoms with Crippen molar-refractivity contribution in [3.05, 3.63) is 57.8 Å². The van der Waals surface area contributed by atoms with E-state index < -0.39 is 10.8 Å². The molecule has 0 saturated heterocycles. The Kier molecular flexibility index (Phi) is 5.13. The van der Waals surface area contributed by atoms with Crippen LogP contribution in [0.4, 0.5) is 5.69 Å². The monoisotopic (exact) mass is 351 g/mol. The van der Waals surface area contributed by atoms with E-state index in [-0.39, 0.29) is 17.3 Å². The number of nitrogens with one attached hydrogen (secondary N) is 1. The van der Waals surface area contributed by atoms with Gasteiger partial charge in [0.1, 0.15) is 23.2 Å². The SMILES string of the molecule is N#C/C(=C\c1ccc(-c2ccc([N+](=O)[O-])cc2)o1)C(=O)NC1CCCC1. The Hall–Kier alpha value is -3.40. The van der Waals surface area contributed by atoms with E-state index in [1.165, 1.54) is 18.2 Å². The number of amides is 1. The standard InChI is InChI=1S/C19H17N3O4/c20-12-14(19(23)21-15-3-1-2-4-15)11-17-9-10-18(26-17)13-5-7-16(8-6-13)22(24)25/h5-11,15H,1-4H2,(H,21,23)/b14-11+. The number of nitrogens with zero attached hydrogens (tertiary/aromatic N) is 2. The van der Waals surface area contributed by atoms with Crippen LogP contribution in [0.3, 0.4) is 0 Å². The van der Waals surface area contributed by atoms with E-state index in [0.717, 1.165) is 25.7 Å². The van der Waals surface area contributed by atoms with Crippen LogP contribution in [-0.4, -0.2) is 16.9 Å². The van der Waals surface area contributed by atoms with Crippen LogP contribution in [0.2, 0.25) is 0 Å². The summed E-state index contributed by atoms with van der Waals surface area (Å²) in [5.74, 6) is 0.476. The van der Waals surface area contributed by atoms with Gasteiger partial charge in [0, 0.05) is 29.8 Å². The second kappa shape index (κ2) is 7.66. The van der Waals surface area contributed by atoms with Gasteiger partial charge < -0.3 is 9.73 Å². The number of hydrogen-bond acceptors (Lipinski definition) is 5. The first-order valence-corrected chi connectivity index (χ1v) is 8.34. The first-order chi connectivity index (χ1) is 12.6. The lowest BCUT2D eigenvalue weighted by molar-refractivity contribution is -0.384. The number of rotatable bonds is 5. The van der Waals surface area contributed by atoms with Gasteiger partial charge >= 0.3 is 0 Å². The average molecular weight is 351 g/mol. The molecule has 1 aromatic carbocycles. The minimum Gasteiger partial charge on any atom is -0.457 e. The molecule has 1 aliphatic rings. The Morgan fingerprint density at radius 2 is 1.92 bits per heavy atom. The highest BCUT2D eigenvalue weighted by atomic mass is 16.6. The smallest absolute Gasteiger partial charge is 0.269 e. The van der Waals surface area contributed by atoms with Crippen LogP contribution in [0.15, 0.2) is 46.4 Å². The molecule has 1 aromatic heterocycles. The lowest BCUT2D eigenvalue weighted by atomic mass is 10.1. The number of benzene rings is 1. The number of non-ortho nitro benzene ring substituents is 1. The van der Waals surface area contributed by atoms with Gasteiger partial charge in [-0.3, -0.25) is 14.9 Å². The third-order valence-electron chi connectivity index (χ3n) is 4.33. The van der Waals surface area contributed by atoms with Crippen molar-refractivity contribution in [1.29, 1.82) is 5.26 Å². The summed E-state index contributed by atoms with van der Waals surface area (Å²) in [5, 5.41) is 22.8. The van der Waals surface area contributed by atoms with Gasteiger partial charge in [0.25, 0.3) is 11.6 Å². The molecule has 0 radical (unpaired) electrons. The maximum absolute atomic E-state index is 12.2. The van der Waals surface area contributed by atoms with Crippen molar-refractivity contribution < 1.29 is 14.1 Å². The summed E-state index contributed by atoms with van der Waals surface area (Å²) in [6.07, 6.45) is 5.46. The Bertz CT molecular complexity index is 884. The quantitative estimate of drug-likeness (QED) is 0.381. The van der Waals surface area contributed by atoms with E-state index in [1.807, 2.05) is 6.07 Å². The highest BCUT2D eigenvalue weighted by Gasteiger charge is 2.19. The highest BCUT2D eigenvalue weighted by Crippen LogP contribution is 2.25. The summed E-state index contributed by atoms with van der Waals surface area (Å²) in [7, 11) is 0. The summed E-state index contributed by atoms with van der Waals surface area (Å²) in [5.41, 5.74) is 0.654. The van der Waals surface area contributed by atoms with E-state index in [0.29, 0.717) is 17.1 Å². The van der Waals surface area contributed by atoms with Crippen LogP contribution < -0.4 is 5.32 Å². The van der Waals surface area contributed by atoms with Crippen molar-refractivity contribution in [2.75, 3.05) is 0 Å². The number of nitro groups is 1. The van der Waals surface area contributed by atoms with Gasteiger partial charge in [-0.2, -0.15) is 5.26 Å². The number of carbonyl (C=O) groups is 1. The number of hydrogen-bond donors (Lipinski definition) is 1. The fourth-order valence-corrected chi connectivity index (χ4v) is 2.96. The molecule has 0 aliphatic heterocycles. The lowest BCUT2D eigenvalue weighted by Gasteiger charge is -2.10. The van der Waals surface area contributed by atoms with Crippen LogP contribution in [0.1, 0.15) is 31.4 Å². The topological polar surface area (TPSA) is 109 Å². The summed E-state index contributed by atoms with van der Waals surface area (Å²) < 4.78 is 5.65. The second-order valence-corrected chi connectivity index (χ2v) is 6.13. The molecule has 7 nitrogen and oxygen atoms in total. The Balaban J connectivity index is 1.75. The number of nitro benzene ring substituents is 1. The Morgan fingerprint density at radius 1 is 1.23 bits per heavy atom. The van der Waals surface area contributed by atoms with E-state index in [2.05, 4.69) is 5.32 Å². The van der Waals surface area contributed by atoms with Gasteiger partial charge in [-0.1, -0.05) is 12.8 Å². The van der Waals surface area contributed by atoms with Gasteiger partial charge in [-0.15, -0.1) is 0 Å². The third-order valence-corrected chi connectivity index (χ3v) is 4.33. The number of nitriles is 1. The molecule has 7 heteroatoms. The zero-order valence-corrected chi connectivity index (χ0v) is 14.0. The average Bonchev–Trinajstić information content (AvgIpc) is 3.31. The first kappa shape index (κ1) is 17.4. The maximum Gasteiger partial charge on any atom is 0.269 e. The molecule has 0 atom stereocenters. The van der Waals surface area contributed by atoms with Crippen molar-refractivity contribution >= 4 is 17.7 Å². The van der Waals surface area contributed by atoms with E-state index in [9.17, 15) is 20.2 Å². The van der Waals surface area contributed by atoms with Crippen LogP contribution >= 0.6 is 0 Å². The second-order valence-electron chi connectivity index (χ2n) is 6.13.